The zero-order valence-electron chi connectivity index (χ0n) is 17.9. The maximum atomic E-state index is 12.4. The first kappa shape index (κ1) is 22.2. The smallest absolute Gasteiger partial charge is 0.315 e. The quantitative estimate of drug-likeness (QED) is 0.605. The fraction of sp³-hybridized carbons (Fsp3) is 0.636. The van der Waals surface area contributed by atoms with E-state index in [1.54, 1.807) is 4.90 Å². The molecule has 1 saturated heterocycles. The van der Waals surface area contributed by atoms with Gasteiger partial charge >= 0.3 is 6.03 Å². The Kier molecular flexibility index (Phi) is 8.77. The summed E-state index contributed by atoms with van der Waals surface area (Å²) in [7, 11) is 0. The summed E-state index contributed by atoms with van der Waals surface area (Å²) in [5.74, 6) is 0.0586. The lowest BCUT2D eigenvalue weighted by Crippen LogP contribution is -2.44. The topological polar surface area (TPSA) is 64.7 Å². The third kappa shape index (κ3) is 6.51. The van der Waals surface area contributed by atoms with Crippen LogP contribution in [0, 0.1) is 13.8 Å². The molecule has 1 atom stereocenters. The number of nitrogens with zero attached hydrogens (tertiary/aromatic N) is 2. The van der Waals surface area contributed by atoms with E-state index in [4.69, 9.17) is 0 Å². The average molecular weight is 389 g/mol. The van der Waals surface area contributed by atoms with Gasteiger partial charge < -0.3 is 20.4 Å². The van der Waals surface area contributed by atoms with Crippen LogP contribution in [-0.4, -0.2) is 55.6 Å². The van der Waals surface area contributed by atoms with Gasteiger partial charge in [-0.1, -0.05) is 19.9 Å². The summed E-state index contributed by atoms with van der Waals surface area (Å²) in [5.41, 5.74) is 3.28. The van der Waals surface area contributed by atoms with E-state index < -0.39 is 0 Å². The number of carbonyl (C=O) groups excluding carboxylic acids is 2. The van der Waals surface area contributed by atoms with Crippen LogP contribution >= 0.6 is 0 Å². The highest BCUT2D eigenvalue weighted by molar-refractivity contribution is 5.96. The van der Waals surface area contributed by atoms with Crippen molar-refractivity contribution in [1.29, 1.82) is 0 Å². The van der Waals surface area contributed by atoms with Crippen LogP contribution in [0.15, 0.2) is 18.2 Å². The van der Waals surface area contributed by atoms with Crippen molar-refractivity contribution in [3.8, 4) is 0 Å². The molecule has 0 saturated carbocycles. The average Bonchev–Trinajstić information content (AvgIpc) is 3.01. The molecular weight excluding hydrogens is 352 g/mol. The van der Waals surface area contributed by atoms with Gasteiger partial charge in [-0.05, 0) is 76.0 Å². The predicted octanol–water partition coefficient (Wildman–Crippen LogP) is 3.22. The van der Waals surface area contributed by atoms with Crippen molar-refractivity contribution in [3.05, 3.63) is 29.3 Å². The normalized spacial score (nSPS) is 16.7. The molecular formula is C22H36N4O2. The minimum Gasteiger partial charge on any atom is -0.338 e. The molecule has 1 aliphatic rings. The molecule has 2 N–H and O–H groups in total. The van der Waals surface area contributed by atoms with Crippen molar-refractivity contribution in [2.75, 3.05) is 37.6 Å². The van der Waals surface area contributed by atoms with Crippen LogP contribution in [0.5, 0.6) is 0 Å². The SMILES string of the molecule is CCCN(CCC)CCCNC(=O)NC1CC(=O)N(c2ccc(C)c(C)c2)C1. The van der Waals surface area contributed by atoms with Crippen LogP contribution < -0.4 is 15.5 Å². The van der Waals surface area contributed by atoms with Crippen molar-refractivity contribution < 1.29 is 9.59 Å². The minimum atomic E-state index is -0.183. The fourth-order valence-corrected chi connectivity index (χ4v) is 3.66. The van der Waals surface area contributed by atoms with Gasteiger partial charge in [-0.3, -0.25) is 4.79 Å². The van der Waals surface area contributed by atoms with E-state index in [1.165, 1.54) is 11.1 Å². The molecule has 1 aromatic carbocycles. The standard InChI is InChI=1S/C22H36N4O2/c1-5-11-25(12-6-2)13-7-10-23-22(28)24-19-15-21(27)26(16-19)20-9-8-17(3)18(4)14-20/h8-9,14,19H,5-7,10-13,15-16H2,1-4H3,(H2,23,24,28). The fourth-order valence-electron chi connectivity index (χ4n) is 3.66. The van der Waals surface area contributed by atoms with Crippen LogP contribution in [0.4, 0.5) is 10.5 Å². The van der Waals surface area contributed by atoms with Crippen molar-refractivity contribution in [2.45, 2.75) is 59.4 Å². The Labute approximate surface area is 169 Å². The van der Waals surface area contributed by atoms with Gasteiger partial charge in [0.2, 0.25) is 5.91 Å². The van der Waals surface area contributed by atoms with E-state index >= 15 is 0 Å². The Balaban J connectivity index is 1.74. The molecule has 1 unspecified atom stereocenters. The van der Waals surface area contributed by atoms with Gasteiger partial charge in [0.25, 0.3) is 0 Å². The lowest BCUT2D eigenvalue weighted by atomic mass is 10.1. The molecule has 2 rings (SSSR count). The van der Waals surface area contributed by atoms with Gasteiger partial charge in [0.1, 0.15) is 0 Å². The number of urea groups is 1. The molecule has 6 heteroatoms. The number of carbonyl (C=O) groups is 2. The molecule has 1 fully saturated rings. The Morgan fingerprint density at radius 2 is 1.86 bits per heavy atom. The largest absolute Gasteiger partial charge is 0.338 e. The Hall–Kier alpha value is -2.08. The Bertz CT molecular complexity index is 656. The first-order valence-electron chi connectivity index (χ1n) is 10.6. The zero-order chi connectivity index (χ0) is 20.5. The minimum absolute atomic E-state index is 0.0586. The number of benzene rings is 1. The zero-order valence-corrected chi connectivity index (χ0v) is 17.9. The molecule has 156 valence electrons. The molecule has 0 spiro atoms. The van der Waals surface area contributed by atoms with Crippen LogP contribution in [0.25, 0.3) is 0 Å². The molecule has 3 amide bonds. The molecule has 0 aliphatic carbocycles. The van der Waals surface area contributed by atoms with E-state index in [1.807, 2.05) is 25.1 Å². The van der Waals surface area contributed by atoms with Crippen LogP contribution in [0.2, 0.25) is 0 Å². The summed E-state index contributed by atoms with van der Waals surface area (Å²) in [4.78, 5) is 28.8. The maximum absolute atomic E-state index is 12.4. The second-order valence-corrected chi connectivity index (χ2v) is 7.77. The molecule has 1 aromatic rings. The van der Waals surface area contributed by atoms with Crippen LogP contribution in [-0.2, 0) is 4.79 Å². The summed E-state index contributed by atoms with van der Waals surface area (Å²) in [6.07, 6.45) is 3.59. The number of anilines is 1. The Morgan fingerprint density at radius 3 is 2.50 bits per heavy atom. The Morgan fingerprint density at radius 1 is 1.14 bits per heavy atom. The van der Waals surface area contributed by atoms with Crippen LogP contribution in [0.3, 0.4) is 0 Å². The van der Waals surface area contributed by atoms with Gasteiger partial charge in [-0.15, -0.1) is 0 Å². The van der Waals surface area contributed by atoms with Crippen molar-refractivity contribution in [3.63, 3.8) is 0 Å². The number of aryl methyl sites for hydroxylation is 2. The molecule has 1 aliphatic heterocycles. The van der Waals surface area contributed by atoms with Crippen LogP contribution in [0.1, 0.15) is 50.7 Å². The first-order valence-corrected chi connectivity index (χ1v) is 10.6. The lowest BCUT2D eigenvalue weighted by molar-refractivity contribution is -0.117. The van der Waals surface area contributed by atoms with E-state index in [0.29, 0.717) is 19.5 Å². The van der Waals surface area contributed by atoms with E-state index in [0.717, 1.165) is 44.6 Å². The monoisotopic (exact) mass is 388 g/mol. The summed E-state index contributed by atoms with van der Waals surface area (Å²) >= 11 is 0. The molecule has 6 nitrogen and oxygen atoms in total. The summed E-state index contributed by atoms with van der Waals surface area (Å²) < 4.78 is 0. The third-order valence-electron chi connectivity index (χ3n) is 5.28. The second-order valence-electron chi connectivity index (χ2n) is 7.77. The van der Waals surface area contributed by atoms with E-state index in [-0.39, 0.29) is 18.0 Å². The number of nitrogens with one attached hydrogen (secondary N) is 2. The highest BCUT2D eigenvalue weighted by Gasteiger charge is 2.31. The molecule has 0 aromatic heterocycles. The van der Waals surface area contributed by atoms with E-state index in [2.05, 4.69) is 36.3 Å². The number of hydrogen-bond donors (Lipinski definition) is 2. The van der Waals surface area contributed by atoms with Crippen molar-refractivity contribution in [2.24, 2.45) is 0 Å². The van der Waals surface area contributed by atoms with Crippen molar-refractivity contribution in [1.82, 2.24) is 15.5 Å². The molecule has 0 radical (unpaired) electrons. The third-order valence-corrected chi connectivity index (χ3v) is 5.28. The second kappa shape index (κ2) is 11.1. The highest BCUT2D eigenvalue weighted by Crippen LogP contribution is 2.24. The van der Waals surface area contributed by atoms with Gasteiger partial charge in [-0.2, -0.15) is 0 Å². The van der Waals surface area contributed by atoms with Gasteiger partial charge in [0.15, 0.2) is 0 Å². The summed E-state index contributed by atoms with van der Waals surface area (Å²) in [5, 5.41) is 5.88. The van der Waals surface area contributed by atoms with Gasteiger partial charge in [-0.25, -0.2) is 4.79 Å². The molecule has 28 heavy (non-hydrogen) atoms. The highest BCUT2D eigenvalue weighted by atomic mass is 16.2. The lowest BCUT2D eigenvalue weighted by Gasteiger charge is -2.21. The van der Waals surface area contributed by atoms with Crippen molar-refractivity contribution >= 4 is 17.6 Å². The first-order chi connectivity index (χ1) is 13.4. The maximum Gasteiger partial charge on any atom is 0.315 e. The van der Waals surface area contributed by atoms with E-state index in [9.17, 15) is 9.59 Å². The summed E-state index contributed by atoms with van der Waals surface area (Å²) in [6.45, 7) is 12.9. The number of hydrogen-bond acceptors (Lipinski definition) is 3. The van der Waals surface area contributed by atoms with Gasteiger partial charge in [0, 0.05) is 25.2 Å². The number of amides is 3. The van der Waals surface area contributed by atoms with Gasteiger partial charge in [0.05, 0.1) is 6.04 Å². The molecule has 0 bridgehead atoms. The molecule has 1 heterocycles. The predicted molar refractivity (Wildman–Crippen MR) is 115 cm³/mol. The summed E-state index contributed by atoms with van der Waals surface area (Å²) in [6, 6.07) is 5.71. The number of rotatable bonds is 10.